The second-order valence-corrected chi connectivity index (χ2v) is 9.57. The number of hydrogen-bond donors (Lipinski definition) is 1. The highest BCUT2D eigenvalue weighted by atomic mass is 19.1. The van der Waals surface area contributed by atoms with E-state index in [4.69, 9.17) is 4.74 Å². The molecular weight excluding hydrogens is 433 g/mol. The molecule has 34 heavy (non-hydrogen) atoms. The Morgan fingerprint density at radius 2 is 2.09 bits per heavy atom. The Kier molecular flexibility index (Phi) is 7.30. The number of benzene rings is 1. The van der Waals surface area contributed by atoms with Crippen LogP contribution in [0.2, 0.25) is 0 Å². The van der Waals surface area contributed by atoms with Crippen molar-refractivity contribution in [3.05, 3.63) is 70.8 Å². The molecule has 0 amide bonds. The van der Waals surface area contributed by atoms with Crippen molar-refractivity contribution in [2.45, 2.75) is 32.7 Å². The molecule has 0 saturated carbocycles. The first kappa shape index (κ1) is 24.3. The topological polar surface area (TPSA) is 60.4 Å². The van der Waals surface area contributed by atoms with Gasteiger partial charge in [0.25, 0.3) is 0 Å². The van der Waals surface area contributed by atoms with Crippen LogP contribution in [0.15, 0.2) is 58.9 Å². The standard InChI is InChI=1S/C26H34FN5O2/c1-19-6-5-7-21(24(19)27)15-28-25(29-30(3)4)23-16-32(20(2)14-22(23)17-33)31-11-8-26(9-12-31)10-13-34-18-26/h5-7,14,16-17H,2,8-13,15,18H2,1,3-4H3,(H,28,29). The van der Waals surface area contributed by atoms with Crippen LogP contribution in [0.1, 0.15) is 30.4 Å². The van der Waals surface area contributed by atoms with Crippen molar-refractivity contribution >= 4 is 12.1 Å². The molecule has 0 radical (unpaired) electrons. The van der Waals surface area contributed by atoms with Gasteiger partial charge >= 0.3 is 0 Å². The molecule has 3 aliphatic rings. The summed E-state index contributed by atoms with van der Waals surface area (Å²) in [6.45, 7) is 9.55. The molecule has 3 aliphatic heterocycles. The molecule has 0 unspecified atom stereocenters. The van der Waals surface area contributed by atoms with Crippen LogP contribution in [-0.4, -0.2) is 67.5 Å². The minimum absolute atomic E-state index is 0.153. The second kappa shape index (κ2) is 10.2. The van der Waals surface area contributed by atoms with Crippen molar-refractivity contribution < 1.29 is 13.9 Å². The predicted octanol–water partition coefficient (Wildman–Crippen LogP) is 3.35. The Morgan fingerprint density at radius 1 is 1.32 bits per heavy atom. The fraction of sp³-hybridized carbons (Fsp3) is 0.462. The number of nitrogens with zero attached hydrogens (tertiary/aromatic N) is 4. The normalized spacial score (nSPS) is 21.1. The Balaban J connectivity index is 1.61. The van der Waals surface area contributed by atoms with Crippen LogP contribution in [0.5, 0.6) is 0 Å². The van der Waals surface area contributed by atoms with E-state index in [1.165, 1.54) is 0 Å². The van der Waals surface area contributed by atoms with Gasteiger partial charge in [0, 0.05) is 56.7 Å². The van der Waals surface area contributed by atoms with E-state index in [1.807, 2.05) is 31.4 Å². The fourth-order valence-electron chi connectivity index (χ4n) is 4.78. The maximum absolute atomic E-state index is 14.6. The lowest BCUT2D eigenvalue weighted by Crippen LogP contribution is -2.48. The van der Waals surface area contributed by atoms with Crippen LogP contribution in [0.3, 0.4) is 0 Å². The molecule has 1 aromatic rings. The highest BCUT2D eigenvalue weighted by Gasteiger charge is 2.39. The van der Waals surface area contributed by atoms with Crippen molar-refractivity contribution in [1.29, 1.82) is 0 Å². The molecule has 8 heteroatoms. The predicted molar refractivity (Wildman–Crippen MR) is 131 cm³/mol. The zero-order valence-electron chi connectivity index (χ0n) is 20.3. The van der Waals surface area contributed by atoms with Crippen LogP contribution >= 0.6 is 0 Å². The van der Waals surface area contributed by atoms with E-state index >= 15 is 0 Å². The zero-order valence-corrected chi connectivity index (χ0v) is 20.3. The van der Waals surface area contributed by atoms with Gasteiger partial charge in [-0.25, -0.2) is 14.4 Å². The number of carbonyl (C=O) groups is 1. The summed E-state index contributed by atoms with van der Waals surface area (Å²) in [4.78, 5) is 16.7. The minimum Gasteiger partial charge on any atom is -0.381 e. The van der Waals surface area contributed by atoms with Crippen LogP contribution in [0, 0.1) is 18.2 Å². The Bertz CT molecular complexity index is 1030. The van der Waals surface area contributed by atoms with Crippen LogP contribution in [0.25, 0.3) is 0 Å². The van der Waals surface area contributed by atoms with E-state index in [-0.39, 0.29) is 12.4 Å². The van der Waals surface area contributed by atoms with Gasteiger partial charge in [-0.1, -0.05) is 24.8 Å². The molecule has 1 spiro atoms. The molecule has 7 nitrogen and oxygen atoms in total. The first-order chi connectivity index (χ1) is 16.3. The van der Waals surface area contributed by atoms with Gasteiger partial charge in [-0.2, -0.15) is 0 Å². The third kappa shape index (κ3) is 5.14. The van der Waals surface area contributed by atoms with Gasteiger partial charge in [0.2, 0.25) is 0 Å². The van der Waals surface area contributed by atoms with Crippen LogP contribution < -0.4 is 5.43 Å². The number of aliphatic imine (C=N–C) groups is 1. The third-order valence-electron chi connectivity index (χ3n) is 6.86. The number of ether oxygens (including phenoxy) is 1. The molecule has 3 heterocycles. The van der Waals surface area contributed by atoms with E-state index in [0.717, 1.165) is 57.5 Å². The molecule has 1 aromatic carbocycles. The number of allylic oxidation sites excluding steroid dienone is 1. The molecule has 0 bridgehead atoms. The van der Waals surface area contributed by atoms with Gasteiger partial charge in [0.15, 0.2) is 6.29 Å². The smallest absolute Gasteiger partial charge is 0.150 e. The quantitative estimate of drug-likeness (QED) is 0.300. The lowest BCUT2D eigenvalue weighted by atomic mass is 9.78. The maximum Gasteiger partial charge on any atom is 0.150 e. The van der Waals surface area contributed by atoms with E-state index in [1.54, 1.807) is 30.1 Å². The van der Waals surface area contributed by atoms with Crippen molar-refractivity contribution in [2.75, 3.05) is 40.4 Å². The number of aldehydes is 1. The number of hydrogen-bond acceptors (Lipinski definition) is 6. The molecule has 2 saturated heterocycles. The first-order valence-electron chi connectivity index (χ1n) is 11.7. The van der Waals surface area contributed by atoms with Gasteiger partial charge in [0.05, 0.1) is 18.8 Å². The second-order valence-electron chi connectivity index (χ2n) is 9.57. The lowest BCUT2D eigenvalue weighted by molar-refractivity contribution is -0.104. The van der Waals surface area contributed by atoms with E-state index < -0.39 is 0 Å². The van der Waals surface area contributed by atoms with Gasteiger partial charge in [-0.3, -0.25) is 14.8 Å². The average Bonchev–Trinajstić information content (AvgIpc) is 3.27. The summed E-state index contributed by atoms with van der Waals surface area (Å²) in [5.74, 6) is 0.242. The number of amidine groups is 1. The van der Waals surface area contributed by atoms with Crippen LogP contribution in [0.4, 0.5) is 4.39 Å². The molecular formula is C26H34FN5O2. The number of halogens is 1. The Labute approximate surface area is 201 Å². The first-order valence-corrected chi connectivity index (χ1v) is 11.7. The molecule has 182 valence electrons. The summed E-state index contributed by atoms with van der Waals surface area (Å²) in [6, 6.07) is 5.29. The number of piperidine rings is 1. The average molecular weight is 468 g/mol. The number of hydrazine groups is 2. The Morgan fingerprint density at radius 3 is 2.74 bits per heavy atom. The number of nitrogens with one attached hydrogen (secondary N) is 1. The third-order valence-corrected chi connectivity index (χ3v) is 6.86. The van der Waals surface area contributed by atoms with Crippen LogP contribution in [-0.2, 0) is 16.1 Å². The molecule has 1 N–H and O–H groups in total. The number of rotatable bonds is 6. The summed E-state index contributed by atoms with van der Waals surface area (Å²) >= 11 is 0. The molecule has 0 atom stereocenters. The molecule has 4 rings (SSSR count). The minimum atomic E-state index is -0.257. The van der Waals surface area contributed by atoms with Gasteiger partial charge in [0.1, 0.15) is 11.7 Å². The SMILES string of the molecule is C=C1C=C(C=O)C(C(=NCc2cccc(C)c2F)NN(C)C)=CN1N1CCC2(CCOC2)CC1. The zero-order chi connectivity index (χ0) is 24.3. The highest BCUT2D eigenvalue weighted by Crippen LogP contribution is 2.40. The maximum atomic E-state index is 14.6. The highest BCUT2D eigenvalue weighted by molar-refractivity contribution is 6.08. The molecule has 2 fully saturated rings. The largest absolute Gasteiger partial charge is 0.381 e. The van der Waals surface area contributed by atoms with Gasteiger partial charge in [-0.05, 0) is 43.2 Å². The fourth-order valence-corrected chi connectivity index (χ4v) is 4.78. The summed E-state index contributed by atoms with van der Waals surface area (Å²) in [5.41, 5.74) is 6.44. The van der Waals surface area contributed by atoms with Crippen molar-refractivity contribution in [3.8, 4) is 0 Å². The van der Waals surface area contributed by atoms with Crippen molar-refractivity contribution in [3.63, 3.8) is 0 Å². The summed E-state index contributed by atoms with van der Waals surface area (Å²) in [7, 11) is 3.70. The van der Waals surface area contributed by atoms with Gasteiger partial charge < -0.3 is 10.2 Å². The van der Waals surface area contributed by atoms with E-state index in [2.05, 4.69) is 22.0 Å². The molecule has 0 aromatic heterocycles. The number of carbonyl (C=O) groups excluding carboxylic acids is 1. The summed E-state index contributed by atoms with van der Waals surface area (Å²) in [6.07, 6.45) is 7.76. The molecule has 0 aliphatic carbocycles. The van der Waals surface area contributed by atoms with E-state index in [9.17, 15) is 9.18 Å². The van der Waals surface area contributed by atoms with Crippen molar-refractivity contribution in [2.24, 2.45) is 10.4 Å². The van der Waals surface area contributed by atoms with E-state index in [0.29, 0.717) is 33.5 Å². The summed E-state index contributed by atoms with van der Waals surface area (Å²) < 4.78 is 20.2. The Hall–Kier alpha value is -2.81. The van der Waals surface area contributed by atoms with Gasteiger partial charge in [-0.15, -0.1) is 0 Å². The van der Waals surface area contributed by atoms with Crippen molar-refractivity contribution in [1.82, 2.24) is 20.5 Å². The monoisotopic (exact) mass is 467 g/mol. The lowest BCUT2D eigenvalue weighted by Gasteiger charge is -2.44. The number of aryl methyl sites for hydroxylation is 1. The summed E-state index contributed by atoms with van der Waals surface area (Å²) in [5, 5.41) is 6.04.